The van der Waals surface area contributed by atoms with Crippen LogP contribution in [-0.2, 0) is 10.0 Å². The fourth-order valence-corrected chi connectivity index (χ4v) is 4.51. The number of nitriles is 1. The van der Waals surface area contributed by atoms with E-state index in [1.54, 1.807) is 36.4 Å². The summed E-state index contributed by atoms with van der Waals surface area (Å²) in [6.07, 6.45) is 3.85. The summed E-state index contributed by atoms with van der Waals surface area (Å²) in [4.78, 5) is 4.44. The Balaban J connectivity index is 1.86. The van der Waals surface area contributed by atoms with Crippen LogP contribution in [0.2, 0.25) is 0 Å². The van der Waals surface area contributed by atoms with Gasteiger partial charge in [-0.1, -0.05) is 18.2 Å². The third kappa shape index (κ3) is 2.71. The smallest absolute Gasteiger partial charge is 0.269 e. The highest BCUT2D eigenvalue weighted by Gasteiger charge is 2.23. The number of aromatic nitrogens is 2. The van der Waals surface area contributed by atoms with Crippen LogP contribution in [0.1, 0.15) is 12.0 Å². The van der Waals surface area contributed by atoms with Crippen molar-refractivity contribution in [2.24, 2.45) is 0 Å². The number of benzene rings is 1. The molecule has 2 N–H and O–H groups in total. The summed E-state index contributed by atoms with van der Waals surface area (Å²) < 4.78 is 27.1. The van der Waals surface area contributed by atoms with Gasteiger partial charge in [-0.25, -0.2) is 17.4 Å². The Morgan fingerprint density at radius 2 is 2.08 bits per heavy atom. The zero-order valence-electron chi connectivity index (χ0n) is 13.9. The first-order valence-corrected chi connectivity index (χ1v) is 9.73. The molecule has 132 valence electrons. The number of fused-ring (bicyclic) bond motifs is 1. The van der Waals surface area contributed by atoms with Crippen molar-refractivity contribution in [3.05, 3.63) is 54.4 Å². The maximum absolute atomic E-state index is 12.9. The van der Waals surface area contributed by atoms with E-state index in [0.717, 1.165) is 23.5 Å². The van der Waals surface area contributed by atoms with Crippen molar-refractivity contribution >= 4 is 26.7 Å². The molecule has 0 bridgehead atoms. The van der Waals surface area contributed by atoms with E-state index in [2.05, 4.69) is 21.7 Å². The molecule has 3 heterocycles. The number of hydrogen-bond donors (Lipinski definition) is 2. The van der Waals surface area contributed by atoms with Crippen LogP contribution in [0.15, 0.2) is 53.7 Å². The maximum atomic E-state index is 12.9. The van der Waals surface area contributed by atoms with Gasteiger partial charge in [0, 0.05) is 30.4 Å². The number of nitrogens with one attached hydrogen (secondary N) is 2. The predicted molar refractivity (Wildman–Crippen MR) is 98.4 cm³/mol. The molecule has 1 atom stereocenters. The fraction of sp³-hybridized carbons (Fsp3) is 0.222. The molecule has 0 spiro atoms. The minimum atomic E-state index is -3.75. The minimum Gasteiger partial charge on any atom is -0.379 e. The standard InChI is InChI=1S/C18H17N5O2S/c19-10-13-11-21-18-16(17(13)22-14-6-8-20-12-14)7-9-23(18)26(24,25)15-4-2-1-3-5-15/h1-5,7,9,11,14,20H,6,8,12H2,(H,21,22). The van der Waals surface area contributed by atoms with Gasteiger partial charge < -0.3 is 10.6 Å². The molecule has 0 aliphatic carbocycles. The molecule has 1 aromatic carbocycles. The summed E-state index contributed by atoms with van der Waals surface area (Å²) in [5.74, 6) is 0. The second-order valence-electron chi connectivity index (χ2n) is 6.16. The van der Waals surface area contributed by atoms with Crippen molar-refractivity contribution in [2.45, 2.75) is 17.4 Å². The van der Waals surface area contributed by atoms with E-state index < -0.39 is 10.0 Å². The lowest BCUT2D eigenvalue weighted by molar-refractivity contribution is 0.589. The second-order valence-corrected chi connectivity index (χ2v) is 7.97. The zero-order valence-corrected chi connectivity index (χ0v) is 14.7. The first-order valence-electron chi connectivity index (χ1n) is 8.29. The summed E-state index contributed by atoms with van der Waals surface area (Å²) in [7, 11) is -3.75. The van der Waals surface area contributed by atoms with Crippen molar-refractivity contribution in [2.75, 3.05) is 18.4 Å². The predicted octanol–water partition coefficient (Wildman–Crippen LogP) is 1.92. The van der Waals surface area contributed by atoms with E-state index in [1.165, 1.54) is 12.4 Å². The SMILES string of the molecule is N#Cc1cnc2c(ccn2S(=O)(=O)c2ccccc2)c1NC1CCNC1. The molecule has 0 saturated carbocycles. The molecule has 1 fully saturated rings. The van der Waals surface area contributed by atoms with E-state index in [1.807, 2.05) is 0 Å². The van der Waals surface area contributed by atoms with Crippen LogP contribution in [0, 0.1) is 11.3 Å². The Bertz CT molecular complexity index is 1090. The average molecular weight is 367 g/mol. The van der Waals surface area contributed by atoms with Crippen molar-refractivity contribution in [3.63, 3.8) is 0 Å². The molecule has 26 heavy (non-hydrogen) atoms. The third-order valence-electron chi connectivity index (χ3n) is 4.51. The average Bonchev–Trinajstić information content (AvgIpc) is 3.32. The van der Waals surface area contributed by atoms with Crippen LogP contribution in [0.5, 0.6) is 0 Å². The first-order chi connectivity index (χ1) is 12.6. The Kier molecular flexibility index (Phi) is 4.11. The van der Waals surface area contributed by atoms with Gasteiger partial charge in [-0.15, -0.1) is 0 Å². The van der Waals surface area contributed by atoms with E-state index in [-0.39, 0.29) is 10.9 Å². The molecular weight excluding hydrogens is 350 g/mol. The summed E-state index contributed by atoms with van der Waals surface area (Å²) in [5.41, 5.74) is 1.34. The summed E-state index contributed by atoms with van der Waals surface area (Å²) in [5, 5.41) is 16.7. The highest BCUT2D eigenvalue weighted by Crippen LogP contribution is 2.30. The monoisotopic (exact) mass is 367 g/mol. The van der Waals surface area contributed by atoms with Gasteiger partial charge in [0.2, 0.25) is 0 Å². The molecule has 0 amide bonds. The van der Waals surface area contributed by atoms with Crippen LogP contribution in [0.3, 0.4) is 0 Å². The summed E-state index contributed by atoms with van der Waals surface area (Å²) in [6.45, 7) is 1.72. The third-order valence-corrected chi connectivity index (χ3v) is 6.19. The molecule has 1 aliphatic heterocycles. The number of pyridine rings is 1. The Hall–Kier alpha value is -2.89. The zero-order chi connectivity index (χ0) is 18.1. The van der Waals surface area contributed by atoms with Gasteiger partial charge in [0.05, 0.1) is 16.1 Å². The fourth-order valence-electron chi connectivity index (χ4n) is 3.19. The van der Waals surface area contributed by atoms with Crippen molar-refractivity contribution in [1.29, 1.82) is 5.26 Å². The largest absolute Gasteiger partial charge is 0.379 e. The molecule has 1 saturated heterocycles. The minimum absolute atomic E-state index is 0.193. The van der Waals surface area contributed by atoms with Crippen LogP contribution in [-0.4, -0.2) is 36.5 Å². The van der Waals surface area contributed by atoms with Gasteiger partial charge >= 0.3 is 0 Å². The van der Waals surface area contributed by atoms with E-state index in [0.29, 0.717) is 22.3 Å². The Labute approximate surface area is 151 Å². The highest BCUT2D eigenvalue weighted by molar-refractivity contribution is 7.90. The molecular formula is C18H17N5O2S. The lowest BCUT2D eigenvalue weighted by Gasteiger charge is -2.15. The molecule has 1 unspecified atom stereocenters. The Morgan fingerprint density at radius 3 is 2.77 bits per heavy atom. The van der Waals surface area contributed by atoms with E-state index >= 15 is 0 Å². The normalized spacial score (nSPS) is 17.3. The van der Waals surface area contributed by atoms with Crippen LogP contribution >= 0.6 is 0 Å². The molecule has 1 aliphatic rings. The van der Waals surface area contributed by atoms with Crippen LogP contribution < -0.4 is 10.6 Å². The maximum Gasteiger partial charge on any atom is 0.269 e. The number of anilines is 1. The topological polar surface area (TPSA) is 99.8 Å². The van der Waals surface area contributed by atoms with Crippen LogP contribution in [0.4, 0.5) is 5.69 Å². The number of hydrogen-bond acceptors (Lipinski definition) is 6. The van der Waals surface area contributed by atoms with Crippen molar-refractivity contribution < 1.29 is 8.42 Å². The van der Waals surface area contributed by atoms with Gasteiger partial charge in [0.1, 0.15) is 6.07 Å². The summed E-state index contributed by atoms with van der Waals surface area (Å²) >= 11 is 0. The van der Waals surface area contributed by atoms with Crippen molar-refractivity contribution in [3.8, 4) is 6.07 Å². The lowest BCUT2D eigenvalue weighted by atomic mass is 10.1. The van der Waals surface area contributed by atoms with Gasteiger partial charge in [0.15, 0.2) is 5.65 Å². The lowest BCUT2D eigenvalue weighted by Crippen LogP contribution is -2.23. The Morgan fingerprint density at radius 1 is 1.27 bits per heavy atom. The number of rotatable bonds is 4. The molecule has 3 aromatic rings. The highest BCUT2D eigenvalue weighted by atomic mass is 32.2. The number of nitrogens with zero attached hydrogens (tertiary/aromatic N) is 3. The van der Waals surface area contributed by atoms with E-state index in [4.69, 9.17) is 0 Å². The molecule has 2 aromatic heterocycles. The molecule has 7 nitrogen and oxygen atoms in total. The van der Waals surface area contributed by atoms with Crippen molar-refractivity contribution in [1.82, 2.24) is 14.3 Å². The van der Waals surface area contributed by atoms with Gasteiger partial charge in [-0.05, 0) is 31.2 Å². The quantitative estimate of drug-likeness (QED) is 0.731. The molecule has 4 rings (SSSR count). The first kappa shape index (κ1) is 16.6. The van der Waals surface area contributed by atoms with Gasteiger partial charge in [-0.2, -0.15) is 5.26 Å². The van der Waals surface area contributed by atoms with Gasteiger partial charge in [-0.3, -0.25) is 0 Å². The van der Waals surface area contributed by atoms with E-state index in [9.17, 15) is 13.7 Å². The molecule has 8 heteroatoms. The summed E-state index contributed by atoms with van der Waals surface area (Å²) in [6, 6.07) is 12.2. The van der Waals surface area contributed by atoms with Gasteiger partial charge in [0.25, 0.3) is 10.0 Å². The van der Waals surface area contributed by atoms with Crippen LogP contribution in [0.25, 0.3) is 11.0 Å². The second kappa shape index (κ2) is 6.44. The molecule has 0 radical (unpaired) electrons.